The summed E-state index contributed by atoms with van der Waals surface area (Å²) >= 11 is 0. The SMILES string of the molecule is CC/C=C\C/C=C\C/C=C\C/C=C\C/C=C\C/C=C\C/C=C\C/C=C\CCCCC(=O)OCC(COC(=O)CCCCCCCCCC)OC(=O)CCCCCCCC/C=C\C/C=C\C/C=C\C/C=C\CC. The maximum Gasteiger partial charge on any atom is 0.306 e. The Labute approximate surface area is 442 Å². The summed E-state index contributed by atoms with van der Waals surface area (Å²) in [7, 11) is 0. The molecule has 0 rings (SSSR count). The Morgan fingerprint density at radius 1 is 0.292 bits per heavy atom. The average molecular weight is 994 g/mol. The predicted octanol–water partition coefficient (Wildman–Crippen LogP) is 19.6. The number of rotatable bonds is 50. The van der Waals surface area contributed by atoms with E-state index in [2.05, 4.69) is 167 Å². The molecule has 1 unspecified atom stereocenters. The Kier molecular flexibility index (Phi) is 55.0. The Hall–Kier alpha value is -4.71. The number of hydrogen-bond acceptors (Lipinski definition) is 6. The molecule has 6 nitrogen and oxygen atoms in total. The second kappa shape index (κ2) is 58.9. The zero-order valence-electron chi connectivity index (χ0n) is 46.1. The summed E-state index contributed by atoms with van der Waals surface area (Å²) in [5.41, 5.74) is 0. The van der Waals surface area contributed by atoms with Gasteiger partial charge >= 0.3 is 17.9 Å². The van der Waals surface area contributed by atoms with Crippen LogP contribution in [0.2, 0.25) is 0 Å². The summed E-state index contributed by atoms with van der Waals surface area (Å²) < 4.78 is 16.8. The van der Waals surface area contributed by atoms with Crippen LogP contribution in [0.4, 0.5) is 0 Å². The van der Waals surface area contributed by atoms with Gasteiger partial charge in [0, 0.05) is 19.3 Å². The van der Waals surface area contributed by atoms with Crippen molar-refractivity contribution >= 4 is 17.9 Å². The van der Waals surface area contributed by atoms with E-state index in [0.29, 0.717) is 25.7 Å². The lowest BCUT2D eigenvalue weighted by Crippen LogP contribution is -2.30. The molecule has 0 aliphatic heterocycles. The summed E-state index contributed by atoms with van der Waals surface area (Å²) in [5.74, 6) is -0.974. The highest BCUT2D eigenvalue weighted by Gasteiger charge is 2.19. The monoisotopic (exact) mass is 993 g/mol. The largest absolute Gasteiger partial charge is 0.462 e. The van der Waals surface area contributed by atoms with E-state index in [4.69, 9.17) is 14.2 Å². The van der Waals surface area contributed by atoms with Gasteiger partial charge in [0.25, 0.3) is 0 Å². The van der Waals surface area contributed by atoms with Gasteiger partial charge in [0.05, 0.1) is 0 Å². The first-order chi connectivity index (χ1) is 35.5. The van der Waals surface area contributed by atoms with Crippen LogP contribution in [-0.2, 0) is 28.6 Å². The molecular formula is C66H104O6. The smallest absolute Gasteiger partial charge is 0.306 e. The van der Waals surface area contributed by atoms with Crippen LogP contribution in [0.15, 0.2) is 146 Å². The molecule has 0 aliphatic carbocycles. The van der Waals surface area contributed by atoms with E-state index in [1.165, 1.54) is 44.9 Å². The first-order valence-electron chi connectivity index (χ1n) is 28.8. The van der Waals surface area contributed by atoms with Crippen molar-refractivity contribution in [2.24, 2.45) is 0 Å². The highest BCUT2D eigenvalue weighted by Crippen LogP contribution is 2.13. The van der Waals surface area contributed by atoms with E-state index in [0.717, 1.165) is 141 Å². The van der Waals surface area contributed by atoms with Crippen LogP contribution in [-0.4, -0.2) is 37.2 Å². The van der Waals surface area contributed by atoms with Gasteiger partial charge in [0.2, 0.25) is 0 Å². The van der Waals surface area contributed by atoms with E-state index in [1.54, 1.807) is 0 Å². The van der Waals surface area contributed by atoms with Gasteiger partial charge in [-0.05, 0) is 122 Å². The maximum absolute atomic E-state index is 12.8. The quantitative estimate of drug-likeness (QED) is 0.0261. The molecule has 0 saturated carbocycles. The maximum atomic E-state index is 12.8. The number of carbonyl (C=O) groups is 3. The van der Waals surface area contributed by atoms with Crippen LogP contribution in [0.25, 0.3) is 0 Å². The van der Waals surface area contributed by atoms with E-state index in [9.17, 15) is 14.4 Å². The average Bonchev–Trinajstić information content (AvgIpc) is 3.38. The fraction of sp³-hybridized carbons (Fsp3) is 0.591. The molecule has 0 fully saturated rings. The molecule has 404 valence electrons. The van der Waals surface area contributed by atoms with Crippen molar-refractivity contribution in [2.45, 2.75) is 239 Å². The molecule has 0 spiro atoms. The van der Waals surface area contributed by atoms with Gasteiger partial charge in [0.1, 0.15) is 13.2 Å². The van der Waals surface area contributed by atoms with Crippen molar-refractivity contribution in [3.63, 3.8) is 0 Å². The topological polar surface area (TPSA) is 78.9 Å². The van der Waals surface area contributed by atoms with Crippen molar-refractivity contribution in [3.8, 4) is 0 Å². The van der Waals surface area contributed by atoms with Gasteiger partial charge in [-0.1, -0.05) is 237 Å². The first kappa shape index (κ1) is 67.3. The Morgan fingerprint density at radius 3 is 0.875 bits per heavy atom. The van der Waals surface area contributed by atoms with Crippen molar-refractivity contribution < 1.29 is 28.6 Å². The minimum absolute atomic E-state index is 0.102. The van der Waals surface area contributed by atoms with Gasteiger partial charge < -0.3 is 14.2 Å². The van der Waals surface area contributed by atoms with Crippen molar-refractivity contribution in [3.05, 3.63) is 146 Å². The Bertz CT molecular complexity index is 1610. The molecule has 72 heavy (non-hydrogen) atoms. The summed E-state index contributed by atoms with van der Waals surface area (Å²) in [6.45, 7) is 6.32. The molecule has 0 bridgehead atoms. The Balaban J connectivity index is 4.38. The lowest BCUT2D eigenvalue weighted by atomic mass is 10.1. The predicted molar refractivity (Wildman–Crippen MR) is 311 cm³/mol. The van der Waals surface area contributed by atoms with Crippen molar-refractivity contribution in [1.29, 1.82) is 0 Å². The molecule has 0 aliphatic rings. The van der Waals surface area contributed by atoms with Crippen LogP contribution < -0.4 is 0 Å². The van der Waals surface area contributed by atoms with Crippen molar-refractivity contribution in [1.82, 2.24) is 0 Å². The third-order valence-corrected chi connectivity index (χ3v) is 11.6. The van der Waals surface area contributed by atoms with E-state index >= 15 is 0 Å². The molecule has 0 aromatic heterocycles. The molecule has 0 radical (unpaired) electrons. The first-order valence-corrected chi connectivity index (χ1v) is 28.8. The van der Waals surface area contributed by atoms with Crippen molar-refractivity contribution in [2.75, 3.05) is 13.2 Å². The molecule has 0 heterocycles. The standard InChI is InChI=1S/C66H104O6/c1-4-7-10-13-16-19-21-23-25-27-29-30-31-32-33-34-35-36-38-39-41-43-45-47-50-53-56-59-65(68)71-62-63(61-70-64(67)58-55-52-49-18-15-12-9-6-3)72-66(69)60-57-54-51-48-46-44-42-40-37-28-26-24-22-20-17-14-11-8-5-2/h7-8,10-11,16-17,19-20,23-26,29-30,32-33,35-37,39-41,45,47,63H,4-6,9,12-15,18,21-22,27-28,31,34,38,42-44,46,48-62H2,1-3H3/b10-7-,11-8-,19-16-,20-17-,25-23-,26-24-,30-29-,33-32-,36-35-,40-37-,41-39-,47-45-. The van der Waals surface area contributed by atoms with Crippen LogP contribution in [0, 0.1) is 0 Å². The number of unbranched alkanes of at least 4 members (excludes halogenated alkanes) is 15. The number of esters is 3. The van der Waals surface area contributed by atoms with Gasteiger partial charge in [-0.25, -0.2) is 0 Å². The number of hydrogen-bond donors (Lipinski definition) is 0. The molecule has 6 heteroatoms. The van der Waals surface area contributed by atoms with E-state index in [1.807, 2.05) is 0 Å². The molecule has 0 saturated heterocycles. The van der Waals surface area contributed by atoms with Gasteiger partial charge in [-0.2, -0.15) is 0 Å². The van der Waals surface area contributed by atoms with Gasteiger partial charge in [0.15, 0.2) is 6.10 Å². The third-order valence-electron chi connectivity index (χ3n) is 11.6. The summed E-state index contributed by atoms with van der Waals surface area (Å²) in [5, 5.41) is 0. The number of ether oxygens (including phenoxy) is 3. The second-order valence-corrected chi connectivity index (χ2v) is 18.4. The van der Waals surface area contributed by atoms with Crippen LogP contribution >= 0.6 is 0 Å². The minimum Gasteiger partial charge on any atom is -0.462 e. The molecule has 0 N–H and O–H groups in total. The lowest BCUT2D eigenvalue weighted by molar-refractivity contribution is -0.167. The molecule has 0 aromatic rings. The lowest BCUT2D eigenvalue weighted by Gasteiger charge is -2.18. The van der Waals surface area contributed by atoms with Crippen LogP contribution in [0.5, 0.6) is 0 Å². The van der Waals surface area contributed by atoms with Gasteiger partial charge in [-0.3, -0.25) is 14.4 Å². The molecule has 0 amide bonds. The zero-order valence-corrected chi connectivity index (χ0v) is 46.1. The highest BCUT2D eigenvalue weighted by atomic mass is 16.6. The normalized spacial score (nSPS) is 13.2. The van der Waals surface area contributed by atoms with E-state index < -0.39 is 6.10 Å². The third kappa shape index (κ3) is 56.2. The van der Waals surface area contributed by atoms with Gasteiger partial charge in [-0.15, -0.1) is 0 Å². The number of allylic oxidation sites excluding steroid dienone is 24. The molecule has 1 atom stereocenters. The highest BCUT2D eigenvalue weighted by molar-refractivity contribution is 5.71. The fourth-order valence-corrected chi connectivity index (χ4v) is 7.33. The summed E-state index contributed by atoms with van der Waals surface area (Å²) in [4.78, 5) is 38.0. The van der Waals surface area contributed by atoms with Crippen LogP contribution in [0.3, 0.4) is 0 Å². The summed E-state index contributed by atoms with van der Waals surface area (Å²) in [6.07, 6.45) is 84.2. The summed E-state index contributed by atoms with van der Waals surface area (Å²) in [6, 6.07) is 0. The zero-order chi connectivity index (χ0) is 52.2. The minimum atomic E-state index is -0.808. The number of carbonyl (C=O) groups excluding carboxylic acids is 3. The van der Waals surface area contributed by atoms with E-state index in [-0.39, 0.29) is 31.1 Å². The molecule has 0 aromatic carbocycles. The molecular weight excluding hydrogens is 889 g/mol. The second-order valence-electron chi connectivity index (χ2n) is 18.4. The fourth-order valence-electron chi connectivity index (χ4n) is 7.33. The van der Waals surface area contributed by atoms with Crippen LogP contribution in [0.1, 0.15) is 233 Å². The Morgan fingerprint density at radius 2 is 0.542 bits per heavy atom.